The van der Waals surface area contributed by atoms with Crippen LogP contribution in [0.25, 0.3) is 0 Å². The fraction of sp³-hybridized carbons (Fsp3) is 0.692. The van der Waals surface area contributed by atoms with Crippen LogP contribution >= 0.6 is 0 Å². The van der Waals surface area contributed by atoms with Crippen LogP contribution in [-0.2, 0) is 25.4 Å². The number of ether oxygens (including phenoxy) is 5. The van der Waals surface area contributed by atoms with E-state index in [0.717, 1.165) is 12.0 Å². The van der Waals surface area contributed by atoms with Crippen molar-refractivity contribution in [3.63, 3.8) is 0 Å². The largest absolute Gasteiger partial charge is 0.493 e. The average molecular weight is 497 g/mol. The summed E-state index contributed by atoms with van der Waals surface area (Å²) in [5, 5.41) is 5.43. The predicted molar refractivity (Wildman–Crippen MR) is 135 cm³/mol. The van der Waals surface area contributed by atoms with Gasteiger partial charge in [0.25, 0.3) is 0 Å². The number of alkyl carbamates (subject to hydrolysis) is 1. The van der Waals surface area contributed by atoms with Crippen LogP contribution in [0.1, 0.15) is 53.0 Å². The van der Waals surface area contributed by atoms with Crippen LogP contribution in [0.15, 0.2) is 18.2 Å². The molecule has 9 nitrogen and oxygen atoms in total. The highest BCUT2D eigenvalue weighted by Crippen LogP contribution is 2.31. The van der Waals surface area contributed by atoms with E-state index < -0.39 is 17.7 Å². The second-order valence-corrected chi connectivity index (χ2v) is 9.80. The average Bonchev–Trinajstić information content (AvgIpc) is 2.78. The van der Waals surface area contributed by atoms with Gasteiger partial charge in [-0.15, -0.1) is 0 Å². The van der Waals surface area contributed by atoms with Crippen LogP contribution in [0, 0.1) is 11.8 Å². The summed E-state index contributed by atoms with van der Waals surface area (Å²) in [6, 6.07) is 5.09. The molecule has 2 atom stereocenters. The standard InChI is InChI=1S/C26H44N2O7/c1-18(2)20(14-19-10-11-22(33-8)23(15-19)34-13-9-12-31-6)16-21(24(29)27-17-32-7)28-25(30)35-26(3,4)5/h10-11,15,18,20-21H,9,12-14,16-17H2,1-8H3,(H,27,29)(H,28,30)/t20-,21-/m0/s1. The van der Waals surface area contributed by atoms with E-state index in [2.05, 4.69) is 24.5 Å². The molecule has 0 aromatic heterocycles. The van der Waals surface area contributed by atoms with E-state index in [1.807, 2.05) is 18.2 Å². The Morgan fingerprint density at radius 1 is 1.00 bits per heavy atom. The van der Waals surface area contributed by atoms with Gasteiger partial charge < -0.3 is 34.3 Å². The lowest BCUT2D eigenvalue weighted by molar-refractivity contribution is -0.125. The van der Waals surface area contributed by atoms with Crippen molar-refractivity contribution in [3.05, 3.63) is 23.8 Å². The van der Waals surface area contributed by atoms with Gasteiger partial charge in [-0.2, -0.15) is 0 Å². The Kier molecular flexibility index (Phi) is 13.5. The third-order valence-electron chi connectivity index (χ3n) is 5.36. The summed E-state index contributed by atoms with van der Waals surface area (Å²) in [4.78, 5) is 25.2. The fourth-order valence-corrected chi connectivity index (χ4v) is 3.49. The molecule has 0 radical (unpaired) electrons. The van der Waals surface area contributed by atoms with Crippen molar-refractivity contribution < 1.29 is 33.3 Å². The van der Waals surface area contributed by atoms with Gasteiger partial charge in [-0.05, 0) is 63.1 Å². The summed E-state index contributed by atoms with van der Waals surface area (Å²) < 4.78 is 26.8. The fourth-order valence-electron chi connectivity index (χ4n) is 3.49. The number of carbonyl (C=O) groups is 2. The highest BCUT2D eigenvalue weighted by atomic mass is 16.6. The number of hydrogen-bond acceptors (Lipinski definition) is 7. The second kappa shape index (κ2) is 15.5. The molecular weight excluding hydrogens is 452 g/mol. The lowest BCUT2D eigenvalue weighted by Crippen LogP contribution is -2.49. The van der Waals surface area contributed by atoms with E-state index in [0.29, 0.717) is 37.6 Å². The molecule has 0 fully saturated rings. The molecule has 0 spiro atoms. The topological polar surface area (TPSA) is 104 Å². The highest BCUT2D eigenvalue weighted by Gasteiger charge is 2.28. The van der Waals surface area contributed by atoms with Crippen molar-refractivity contribution in [1.82, 2.24) is 10.6 Å². The summed E-state index contributed by atoms with van der Waals surface area (Å²) in [7, 11) is 4.76. The molecule has 0 bridgehead atoms. The molecule has 1 aromatic carbocycles. The molecule has 0 aliphatic carbocycles. The Balaban J connectivity index is 3.02. The SMILES string of the molecule is COCCCOc1cc(C[C@@H](C[C@H](NC(=O)OC(C)(C)C)C(=O)NCOC)C(C)C)ccc1OC. The Morgan fingerprint density at radius 3 is 2.29 bits per heavy atom. The Hall–Kier alpha value is -2.52. The minimum absolute atomic E-state index is 0.0555. The molecule has 0 heterocycles. The maximum absolute atomic E-state index is 12.8. The Bertz CT molecular complexity index is 777. The van der Waals surface area contributed by atoms with Crippen LogP contribution in [0.2, 0.25) is 0 Å². The molecule has 9 heteroatoms. The van der Waals surface area contributed by atoms with Gasteiger partial charge in [0.2, 0.25) is 5.91 Å². The molecule has 35 heavy (non-hydrogen) atoms. The first-order valence-electron chi connectivity index (χ1n) is 12.1. The third-order valence-corrected chi connectivity index (χ3v) is 5.36. The van der Waals surface area contributed by atoms with Gasteiger partial charge in [0, 0.05) is 27.2 Å². The smallest absolute Gasteiger partial charge is 0.408 e. The van der Waals surface area contributed by atoms with E-state index in [9.17, 15) is 9.59 Å². The number of carbonyl (C=O) groups excluding carboxylic acids is 2. The van der Waals surface area contributed by atoms with Crippen LogP contribution < -0.4 is 20.1 Å². The molecule has 200 valence electrons. The molecule has 2 amide bonds. The minimum Gasteiger partial charge on any atom is -0.493 e. The van der Waals surface area contributed by atoms with Gasteiger partial charge in [0.1, 0.15) is 18.4 Å². The van der Waals surface area contributed by atoms with Gasteiger partial charge in [-0.3, -0.25) is 4.79 Å². The Labute approximate surface area is 210 Å². The minimum atomic E-state index is -0.768. The van der Waals surface area contributed by atoms with Crippen LogP contribution in [0.5, 0.6) is 11.5 Å². The molecule has 1 rings (SSSR count). The maximum atomic E-state index is 12.8. The first kappa shape index (κ1) is 30.5. The summed E-state index contributed by atoms with van der Waals surface area (Å²) in [6.45, 7) is 10.7. The van der Waals surface area contributed by atoms with Crippen molar-refractivity contribution in [2.45, 2.75) is 65.5 Å². The van der Waals surface area contributed by atoms with Gasteiger partial charge in [-0.25, -0.2) is 4.79 Å². The molecule has 0 saturated carbocycles. The van der Waals surface area contributed by atoms with Crippen LogP contribution in [0.4, 0.5) is 4.79 Å². The first-order chi connectivity index (χ1) is 16.5. The van der Waals surface area contributed by atoms with Crippen LogP contribution in [0.3, 0.4) is 0 Å². The molecule has 0 saturated heterocycles. The molecular formula is C26H44N2O7. The zero-order chi connectivity index (χ0) is 26.4. The number of benzene rings is 1. The zero-order valence-corrected chi connectivity index (χ0v) is 22.6. The van der Waals surface area contributed by atoms with Crippen LogP contribution in [-0.4, -0.2) is 64.9 Å². The molecule has 0 aliphatic rings. The summed E-state index contributed by atoms with van der Waals surface area (Å²) in [5.41, 5.74) is 0.386. The number of rotatable bonds is 15. The van der Waals surface area contributed by atoms with Gasteiger partial charge in [0.05, 0.1) is 13.7 Å². The highest BCUT2D eigenvalue weighted by molar-refractivity contribution is 5.85. The van der Waals surface area contributed by atoms with Crippen molar-refractivity contribution in [2.24, 2.45) is 11.8 Å². The van der Waals surface area contributed by atoms with E-state index >= 15 is 0 Å². The van der Waals surface area contributed by atoms with Crippen molar-refractivity contribution >= 4 is 12.0 Å². The van der Waals surface area contributed by atoms with Gasteiger partial charge >= 0.3 is 6.09 Å². The number of methoxy groups -OCH3 is 3. The summed E-state index contributed by atoms with van der Waals surface area (Å²) in [6.07, 6.45) is 1.27. The predicted octanol–water partition coefficient (Wildman–Crippen LogP) is 3.93. The van der Waals surface area contributed by atoms with E-state index in [-0.39, 0.29) is 24.5 Å². The quantitative estimate of drug-likeness (QED) is 0.280. The molecule has 0 unspecified atom stereocenters. The second-order valence-electron chi connectivity index (χ2n) is 9.80. The monoisotopic (exact) mass is 496 g/mol. The zero-order valence-electron chi connectivity index (χ0n) is 22.6. The lowest BCUT2D eigenvalue weighted by Gasteiger charge is -2.28. The third kappa shape index (κ3) is 12.1. The number of amides is 2. The lowest BCUT2D eigenvalue weighted by atomic mass is 9.84. The molecule has 1 aromatic rings. The van der Waals surface area contributed by atoms with Gasteiger partial charge in [0.15, 0.2) is 11.5 Å². The van der Waals surface area contributed by atoms with Crippen molar-refractivity contribution in [1.29, 1.82) is 0 Å². The van der Waals surface area contributed by atoms with E-state index in [1.165, 1.54) is 7.11 Å². The van der Waals surface area contributed by atoms with E-state index in [4.69, 9.17) is 23.7 Å². The van der Waals surface area contributed by atoms with Crippen molar-refractivity contribution in [3.8, 4) is 11.5 Å². The van der Waals surface area contributed by atoms with Gasteiger partial charge in [-0.1, -0.05) is 19.9 Å². The maximum Gasteiger partial charge on any atom is 0.408 e. The number of hydrogen-bond donors (Lipinski definition) is 2. The molecule has 2 N–H and O–H groups in total. The number of nitrogens with one attached hydrogen (secondary N) is 2. The van der Waals surface area contributed by atoms with E-state index in [1.54, 1.807) is 35.0 Å². The normalized spacial score (nSPS) is 13.2. The Morgan fingerprint density at radius 2 is 1.71 bits per heavy atom. The summed E-state index contributed by atoms with van der Waals surface area (Å²) in [5.74, 6) is 1.36. The molecule has 0 aliphatic heterocycles. The first-order valence-corrected chi connectivity index (χ1v) is 12.1. The summed E-state index contributed by atoms with van der Waals surface area (Å²) >= 11 is 0. The van der Waals surface area contributed by atoms with Crippen molar-refractivity contribution in [2.75, 3.05) is 41.3 Å².